The summed E-state index contributed by atoms with van der Waals surface area (Å²) in [6.07, 6.45) is 72.1. The first-order valence-electron chi connectivity index (χ1n) is 45.5. The number of hydrogen-bond acceptors (Lipinski definition) is 15. The number of esters is 4. The van der Waals surface area contributed by atoms with E-state index in [2.05, 4.69) is 41.5 Å². The van der Waals surface area contributed by atoms with Gasteiger partial charge in [-0.3, -0.25) is 37.3 Å². The van der Waals surface area contributed by atoms with Crippen LogP contribution in [-0.4, -0.2) is 96.7 Å². The van der Waals surface area contributed by atoms with Crippen molar-refractivity contribution in [3.8, 4) is 0 Å². The van der Waals surface area contributed by atoms with E-state index in [1.165, 1.54) is 289 Å². The SMILES string of the molecule is CCCCCCCCCCCCCCCCCCCCCCCC(=O)O[C@H](COC(=O)CCCCCCCCCCCCCCCCC(C)C)COP(=O)(O)OC[C@@H](O)COP(=O)(O)OC[C@@H](COC(=O)CCCCCCCCCCCCCC)OC(=O)CCCCCCCCCCCCCCCCC(C)C. The standard InChI is InChI=1S/C88H172O17P2/c1-7-9-11-13-15-17-19-21-22-23-24-25-26-27-28-36-42-48-54-60-66-72-87(92)105-84(77-99-86(91)71-65-59-53-47-41-35-31-29-33-38-44-50-56-62-68-80(3)4)79-103-107(96,97)101-75-82(89)74-100-106(94,95)102-78-83(76-98-85(90)70-64-58-52-46-40-20-18-16-14-12-10-8-2)104-88(93)73-67-61-55-49-43-37-32-30-34-39-45-51-57-63-69-81(5)6/h80-84,89H,7-79H2,1-6H3,(H,94,95)(H,96,97)/t82-,83+,84+/m0/s1. The van der Waals surface area contributed by atoms with Gasteiger partial charge in [0, 0.05) is 25.7 Å². The predicted molar refractivity (Wildman–Crippen MR) is 442 cm³/mol. The minimum absolute atomic E-state index is 0.108. The molecule has 0 rings (SSSR count). The topological polar surface area (TPSA) is 237 Å². The highest BCUT2D eigenvalue weighted by Gasteiger charge is 2.30. The van der Waals surface area contributed by atoms with E-state index in [0.717, 1.165) is 102 Å². The van der Waals surface area contributed by atoms with Gasteiger partial charge in [-0.15, -0.1) is 0 Å². The Bertz CT molecular complexity index is 2050. The number of aliphatic hydroxyl groups excluding tert-OH is 1. The normalized spacial score (nSPS) is 13.8. The van der Waals surface area contributed by atoms with Crippen LogP contribution < -0.4 is 0 Å². The van der Waals surface area contributed by atoms with Crippen molar-refractivity contribution in [2.45, 2.75) is 490 Å². The van der Waals surface area contributed by atoms with Crippen LogP contribution in [0, 0.1) is 11.8 Å². The summed E-state index contributed by atoms with van der Waals surface area (Å²) < 4.78 is 69.0. The third-order valence-electron chi connectivity index (χ3n) is 20.7. The summed E-state index contributed by atoms with van der Waals surface area (Å²) in [4.78, 5) is 73.3. The van der Waals surface area contributed by atoms with E-state index in [1.807, 2.05) is 0 Å². The van der Waals surface area contributed by atoms with Crippen LogP contribution in [0.15, 0.2) is 0 Å². The average Bonchev–Trinajstić information content (AvgIpc) is 0.920. The molecule has 0 aliphatic rings. The molecule has 0 aliphatic carbocycles. The molecule has 0 spiro atoms. The van der Waals surface area contributed by atoms with Gasteiger partial charge in [0.25, 0.3) is 0 Å². The van der Waals surface area contributed by atoms with Crippen LogP contribution in [0.3, 0.4) is 0 Å². The van der Waals surface area contributed by atoms with Crippen LogP contribution in [0.1, 0.15) is 472 Å². The second kappa shape index (κ2) is 79.3. The van der Waals surface area contributed by atoms with Crippen molar-refractivity contribution in [2.24, 2.45) is 11.8 Å². The number of phosphoric acid groups is 2. The number of rotatable bonds is 87. The fourth-order valence-electron chi connectivity index (χ4n) is 13.8. The molecule has 17 nitrogen and oxygen atoms in total. The zero-order valence-electron chi connectivity index (χ0n) is 70.5. The summed E-state index contributed by atoms with van der Waals surface area (Å²) in [6.45, 7) is 9.73. The third kappa shape index (κ3) is 81.9. The predicted octanol–water partition coefficient (Wildman–Crippen LogP) is 27.0. The van der Waals surface area contributed by atoms with E-state index in [-0.39, 0.29) is 25.7 Å². The van der Waals surface area contributed by atoms with Crippen molar-refractivity contribution < 1.29 is 80.2 Å². The Balaban J connectivity index is 5.25. The second-order valence-electron chi connectivity index (χ2n) is 32.6. The minimum atomic E-state index is -4.97. The van der Waals surface area contributed by atoms with Gasteiger partial charge in [-0.25, -0.2) is 9.13 Å². The Morgan fingerprint density at radius 1 is 0.252 bits per heavy atom. The maximum atomic E-state index is 13.2. The first-order chi connectivity index (χ1) is 51.9. The highest BCUT2D eigenvalue weighted by atomic mass is 31.2. The Hall–Kier alpha value is -1.94. The van der Waals surface area contributed by atoms with E-state index >= 15 is 0 Å². The molecule has 5 atom stereocenters. The molecule has 0 saturated heterocycles. The molecule has 107 heavy (non-hydrogen) atoms. The Labute approximate surface area is 658 Å². The number of carbonyl (C=O) groups is 4. The lowest BCUT2D eigenvalue weighted by molar-refractivity contribution is -0.161. The average molecular weight is 1560 g/mol. The molecular formula is C88H172O17P2. The van der Waals surface area contributed by atoms with Gasteiger partial charge < -0.3 is 33.8 Å². The molecule has 0 bridgehead atoms. The van der Waals surface area contributed by atoms with Crippen molar-refractivity contribution in [3.63, 3.8) is 0 Å². The monoisotopic (exact) mass is 1560 g/mol. The van der Waals surface area contributed by atoms with Crippen LogP contribution in [0.2, 0.25) is 0 Å². The van der Waals surface area contributed by atoms with Crippen LogP contribution in [0.4, 0.5) is 0 Å². The van der Waals surface area contributed by atoms with Crippen molar-refractivity contribution in [2.75, 3.05) is 39.6 Å². The number of unbranched alkanes of at least 4 members (excludes halogenated alkanes) is 57. The number of ether oxygens (including phenoxy) is 4. The number of phosphoric ester groups is 2. The summed E-state index contributed by atoms with van der Waals surface area (Å²) in [7, 11) is -9.93. The molecule has 636 valence electrons. The van der Waals surface area contributed by atoms with Gasteiger partial charge in [0.2, 0.25) is 0 Å². The van der Waals surface area contributed by atoms with E-state index in [9.17, 15) is 43.2 Å². The second-order valence-corrected chi connectivity index (χ2v) is 35.5. The molecule has 0 radical (unpaired) electrons. The molecule has 0 fully saturated rings. The lowest BCUT2D eigenvalue weighted by Crippen LogP contribution is -2.30. The van der Waals surface area contributed by atoms with Crippen LogP contribution >= 0.6 is 15.6 Å². The number of hydrogen-bond donors (Lipinski definition) is 3. The summed E-state index contributed by atoms with van der Waals surface area (Å²) in [5.74, 6) is -0.504. The molecule has 0 aromatic rings. The van der Waals surface area contributed by atoms with Gasteiger partial charge in [0.05, 0.1) is 26.4 Å². The van der Waals surface area contributed by atoms with Crippen molar-refractivity contribution in [1.82, 2.24) is 0 Å². The summed E-state index contributed by atoms with van der Waals surface area (Å²) in [5.41, 5.74) is 0. The van der Waals surface area contributed by atoms with Gasteiger partial charge in [-0.05, 0) is 37.5 Å². The highest BCUT2D eigenvalue weighted by Crippen LogP contribution is 2.45. The lowest BCUT2D eigenvalue weighted by atomic mass is 10.0. The molecule has 0 aromatic heterocycles. The van der Waals surface area contributed by atoms with Gasteiger partial charge >= 0.3 is 39.5 Å². The van der Waals surface area contributed by atoms with E-state index in [0.29, 0.717) is 25.7 Å². The van der Waals surface area contributed by atoms with Crippen LogP contribution in [-0.2, 0) is 65.4 Å². The first kappa shape index (κ1) is 105. The molecule has 19 heteroatoms. The largest absolute Gasteiger partial charge is 0.472 e. The quantitative estimate of drug-likeness (QED) is 0.0222. The van der Waals surface area contributed by atoms with Crippen molar-refractivity contribution >= 4 is 39.5 Å². The molecule has 0 aromatic carbocycles. The van der Waals surface area contributed by atoms with Crippen LogP contribution in [0.25, 0.3) is 0 Å². The maximum absolute atomic E-state index is 13.2. The number of aliphatic hydroxyl groups is 1. The van der Waals surface area contributed by atoms with E-state index in [4.69, 9.17) is 37.0 Å². The first-order valence-corrected chi connectivity index (χ1v) is 48.5. The summed E-state index contributed by atoms with van der Waals surface area (Å²) in [5, 5.41) is 10.7. The summed E-state index contributed by atoms with van der Waals surface area (Å²) >= 11 is 0. The van der Waals surface area contributed by atoms with Gasteiger partial charge in [-0.2, -0.15) is 0 Å². The Kier molecular flexibility index (Phi) is 77.9. The molecule has 0 heterocycles. The van der Waals surface area contributed by atoms with E-state index < -0.39 is 97.5 Å². The third-order valence-corrected chi connectivity index (χ3v) is 22.6. The Morgan fingerprint density at radius 3 is 0.636 bits per heavy atom. The van der Waals surface area contributed by atoms with Gasteiger partial charge in [0.1, 0.15) is 19.3 Å². The zero-order chi connectivity index (χ0) is 78.5. The smallest absolute Gasteiger partial charge is 0.462 e. The minimum Gasteiger partial charge on any atom is -0.462 e. The maximum Gasteiger partial charge on any atom is 0.472 e. The zero-order valence-corrected chi connectivity index (χ0v) is 72.2. The van der Waals surface area contributed by atoms with Crippen molar-refractivity contribution in [1.29, 1.82) is 0 Å². The van der Waals surface area contributed by atoms with E-state index in [1.54, 1.807) is 0 Å². The van der Waals surface area contributed by atoms with Gasteiger partial charge in [-0.1, -0.05) is 420 Å². The fraction of sp³-hybridized carbons (Fsp3) is 0.955. The van der Waals surface area contributed by atoms with Crippen LogP contribution in [0.5, 0.6) is 0 Å². The summed E-state index contributed by atoms with van der Waals surface area (Å²) in [6, 6.07) is 0. The molecule has 0 aliphatic heterocycles. The Morgan fingerprint density at radius 2 is 0.430 bits per heavy atom. The fourth-order valence-corrected chi connectivity index (χ4v) is 15.4. The molecule has 3 N–H and O–H groups in total. The van der Waals surface area contributed by atoms with Gasteiger partial charge in [0.15, 0.2) is 12.2 Å². The van der Waals surface area contributed by atoms with Crippen molar-refractivity contribution in [3.05, 3.63) is 0 Å². The highest BCUT2D eigenvalue weighted by molar-refractivity contribution is 7.47. The molecular weight excluding hydrogens is 1390 g/mol. The lowest BCUT2D eigenvalue weighted by Gasteiger charge is -2.21. The number of carbonyl (C=O) groups excluding carboxylic acids is 4. The molecule has 0 amide bonds. The molecule has 2 unspecified atom stereocenters. The molecule has 0 saturated carbocycles.